The zero-order chi connectivity index (χ0) is 10.6. The summed E-state index contributed by atoms with van der Waals surface area (Å²) < 4.78 is 47.7. The van der Waals surface area contributed by atoms with Gasteiger partial charge in [-0.25, -0.2) is 4.21 Å². The maximum absolute atomic E-state index is 10.3. The Morgan fingerprint density at radius 2 is 1.64 bits per heavy atom. The standard InChI is InChI=1S/C6H6O6S2/c7-13(8)11-5-3-1-2-4-6(5)12-14(9)10/h1-4H,(H,7,8)(H,9,10)/p-1. The normalized spacial score (nSPS) is 14.4. The first-order valence-corrected chi connectivity index (χ1v) is 5.28. The SMILES string of the molecule is O=S([O-])Oc1ccccc1OS(=O)O. The summed E-state index contributed by atoms with van der Waals surface area (Å²) in [4.78, 5) is 0. The smallest absolute Gasteiger partial charge is 0.357 e. The van der Waals surface area contributed by atoms with Gasteiger partial charge >= 0.3 is 11.4 Å². The van der Waals surface area contributed by atoms with Crippen molar-refractivity contribution in [1.29, 1.82) is 0 Å². The van der Waals surface area contributed by atoms with E-state index in [1.165, 1.54) is 24.3 Å². The first kappa shape index (κ1) is 11.1. The van der Waals surface area contributed by atoms with E-state index in [9.17, 15) is 13.0 Å². The summed E-state index contributed by atoms with van der Waals surface area (Å²) in [6.07, 6.45) is 0. The van der Waals surface area contributed by atoms with Gasteiger partial charge in [0.15, 0.2) is 11.5 Å². The van der Waals surface area contributed by atoms with Gasteiger partial charge in [0, 0.05) is 0 Å². The third-order valence-electron chi connectivity index (χ3n) is 1.17. The highest BCUT2D eigenvalue weighted by Crippen LogP contribution is 2.27. The van der Waals surface area contributed by atoms with Gasteiger partial charge in [-0.2, -0.15) is 4.21 Å². The van der Waals surface area contributed by atoms with Crippen molar-refractivity contribution in [3.05, 3.63) is 24.3 Å². The lowest BCUT2D eigenvalue weighted by Gasteiger charge is -2.09. The minimum atomic E-state index is -2.75. The second-order valence-corrected chi connectivity index (χ2v) is 3.21. The average Bonchev–Trinajstić information content (AvgIpc) is 2.06. The van der Waals surface area contributed by atoms with Crippen molar-refractivity contribution in [3.8, 4) is 11.5 Å². The van der Waals surface area contributed by atoms with Crippen LogP contribution >= 0.6 is 0 Å². The maximum Gasteiger partial charge on any atom is 0.357 e. The van der Waals surface area contributed by atoms with Gasteiger partial charge in [0.25, 0.3) is 0 Å². The highest BCUT2D eigenvalue weighted by Gasteiger charge is 2.07. The molecule has 0 aliphatic rings. The van der Waals surface area contributed by atoms with E-state index in [0.717, 1.165) is 0 Å². The van der Waals surface area contributed by atoms with Crippen LogP contribution in [0.3, 0.4) is 0 Å². The zero-order valence-corrected chi connectivity index (χ0v) is 8.25. The molecule has 0 amide bonds. The minimum Gasteiger partial charge on any atom is -0.740 e. The molecular weight excluding hydrogens is 232 g/mol. The van der Waals surface area contributed by atoms with Crippen LogP contribution in [0.1, 0.15) is 0 Å². The molecule has 0 heterocycles. The Bertz CT molecular complexity index is 330. The molecule has 2 atom stereocenters. The topological polar surface area (TPSA) is 95.9 Å². The number of hydrogen-bond acceptors (Lipinski definition) is 5. The third kappa shape index (κ3) is 3.42. The molecule has 1 N–H and O–H groups in total. The molecule has 1 aromatic rings. The van der Waals surface area contributed by atoms with Gasteiger partial charge in [-0.15, -0.1) is 0 Å². The molecule has 8 heteroatoms. The Morgan fingerprint density at radius 3 is 2.07 bits per heavy atom. The highest BCUT2D eigenvalue weighted by atomic mass is 32.2. The Kier molecular flexibility index (Phi) is 4.01. The van der Waals surface area contributed by atoms with Crippen LogP contribution in [0, 0.1) is 0 Å². The van der Waals surface area contributed by atoms with E-state index in [2.05, 4.69) is 8.37 Å². The summed E-state index contributed by atoms with van der Waals surface area (Å²) in [6.45, 7) is 0. The maximum atomic E-state index is 10.3. The molecular formula is C6H5O6S2-. The van der Waals surface area contributed by atoms with E-state index in [-0.39, 0.29) is 11.5 Å². The molecule has 0 aromatic heterocycles. The fourth-order valence-electron chi connectivity index (χ4n) is 0.738. The molecule has 0 saturated heterocycles. The van der Waals surface area contributed by atoms with Gasteiger partial charge in [0.1, 0.15) is 11.4 Å². The quantitative estimate of drug-likeness (QED) is 0.760. The molecule has 0 spiro atoms. The van der Waals surface area contributed by atoms with Crippen molar-refractivity contribution in [1.82, 2.24) is 0 Å². The number of hydrogen-bond donors (Lipinski definition) is 1. The summed E-state index contributed by atoms with van der Waals surface area (Å²) in [5.74, 6) is -0.277. The van der Waals surface area contributed by atoms with Crippen molar-refractivity contribution in [2.45, 2.75) is 0 Å². The van der Waals surface area contributed by atoms with Crippen molar-refractivity contribution < 1.29 is 25.9 Å². The monoisotopic (exact) mass is 237 g/mol. The van der Waals surface area contributed by atoms with E-state index < -0.39 is 22.7 Å². The molecule has 0 saturated carbocycles. The molecule has 0 aliphatic heterocycles. The van der Waals surface area contributed by atoms with E-state index in [0.29, 0.717) is 0 Å². The number of benzene rings is 1. The van der Waals surface area contributed by atoms with Gasteiger partial charge < -0.3 is 12.9 Å². The molecule has 14 heavy (non-hydrogen) atoms. The fraction of sp³-hybridized carbons (Fsp3) is 0. The van der Waals surface area contributed by atoms with Crippen molar-refractivity contribution in [3.63, 3.8) is 0 Å². The van der Waals surface area contributed by atoms with Crippen LogP contribution in [0.5, 0.6) is 11.5 Å². The summed E-state index contributed by atoms with van der Waals surface area (Å²) >= 11 is -5.27. The van der Waals surface area contributed by atoms with Gasteiger partial charge in [-0.3, -0.25) is 4.55 Å². The lowest BCUT2D eigenvalue weighted by molar-refractivity contribution is 0.417. The zero-order valence-electron chi connectivity index (χ0n) is 6.61. The molecule has 1 rings (SSSR count). The number of para-hydroxylation sites is 2. The van der Waals surface area contributed by atoms with E-state index >= 15 is 0 Å². The molecule has 2 unspecified atom stereocenters. The summed E-state index contributed by atoms with van der Waals surface area (Å²) in [7, 11) is 0. The van der Waals surface area contributed by atoms with Crippen LogP contribution in [0.2, 0.25) is 0 Å². The molecule has 0 fully saturated rings. The lowest BCUT2D eigenvalue weighted by atomic mass is 10.3. The predicted molar refractivity (Wildman–Crippen MR) is 47.4 cm³/mol. The summed E-state index contributed by atoms with van der Waals surface area (Å²) in [5, 5.41) is 0. The van der Waals surface area contributed by atoms with E-state index in [1.807, 2.05) is 0 Å². The second-order valence-electron chi connectivity index (χ2n) is 2.03. The summed E-state index contributed by atoms with van der Waals surface area (Å²) in [5.41, 5.74) is 0. The Labute approximate surface area is 84.8 Å². The molecule has 6 nitrogen and oxygen atoms in total. The Hall–Kier alpha value is -0.960. The van der Waals surface area contributed by atoms with Crippen LogP contribution in [0.15, 0.2) is 24.3 Å². The minimum absolute atomic E-state index is 0.127. The number of rotatable bonds is 4. The van der Waals surface area contributed by atoms with Crippen LogP contribution in [-0.2, 0) is 22.7 Å². The van der Waals surface area contributed by atoms with E-state index in [1.54, 1.807) is 0 Å². The van der Waals surface area contributed by atoms with Gasteiger partial charge in [-0.1, -0.05) is 12.1 Å². The highest BCUT2D eigenvalue weighted by molar-refractivity contribution is 7.74. The molecule has 0 aliphatic carbocycles. The molecule has 0 bridgehead atoms. The second kappa shape index (κ2) is 5.05. The fourth-order valence-corrected chi connectivity index (χ4v) is 1.31. The van der Waals surface area contributed by atoms with Crippen LogP contribution in [0.25, 0.3) is 0 Å². The Morgan fingerprint density at radius 1 is 1.14 bits per heavy atom. The first-order valence-electron chi connectivity index (χ1n) is 3.25. The van der Waals surface area contributed by atoms with Gasteiger partial charge in [0.2, 0.25) is 0 Å². The van der Waals surface area contributed by atoms with Crippen molar-refractivity contribution in [2.24, 2.45) is 0 Å². The van der Waals surface area contributed by atoms with Crippen LogP contribution < -0.4 is 8.37 Å². The lowest BCUT2D eigenvalue weighted by Crippen LogP contribution is -2.03. The predicted octanol–water partition coefficient (Wildman–Crippen LogP) is 0.375. The Balaban J connectivity index is 2.90. The third-order valence-corrected chi connectivity index (χ3v) is 1.81. The largest absolute Gasteiger partial charge is 0.740 e. The van der Waals surface area contributed by atoms with Crippen molar-refractivity contribution >= 4 is 22.7 Å². The van der Waals surface area contributed by atoms with Crippen molar-refractivity contribution in [2.75, 3.05) is 0 Å². The van der Waals surface area contributed by atoms with Gasteiger partial charge in [-0.05, 0) is 12.1 Å². The molecule has 78 valence electrons. The summed E-state index contributed by atoms with van der Waals surface area (Å²) in [6, 6.07) is 5.59. The molecule has 0 radical (unpaired) electrons. The van der Waals surface area contributed by atoms with E-state index in [4.69, 9.17) is 4.55 Å². The van der Waals surface area contributed by atoms with Crippen LogP contribution in [-0.4, -0.2) is 17.5 Å². The first-order chi connectivity index (χ1) is 6.59. The van der Waals surface area contributed by atoms with Gasteiger partial charge in [0.05, 0.1) is 0 Å². The molecule has 1 aromatic carbocycles. The average molecular weight is 237 g/mol. The van der Waals surface area contributed by atoms with Crippen LogP contribution in [0.4, 0.5) is 0 Å².